The molecule has 0 N–H and O–H groups in total. The maximum atomic E-state index is 6.21. The van der Waals surface area contributed by atoms with Gasteiger partial charge in [0.1, 0.15) is 11.0 Å². The van der Waals surface area contributed by atoms with Gasteiger partial charge in [-0.05, 0) is 29.5 Å². The monoisotopic (exact) mass is 299 g/mol. The van der Waals surface area contributed by atoms with Gasteiger partial charge in [-0.2, -0.15) is 0 Å². The molecule has 0 radical (unpaired) electrons. The van der Waals surface area contributed by atoms with Gasteiger partial charge in [0, 0.05) is 26.2 Å². The van der Waals surface area contributed by atoms with E-state index in [1.165, 1.54) is 0 Å². The summed E-state index contributed by atoms with van der Waals surface area (Å²) in [5, 5.41) is 0.539. The number of piperazine rings is 1. The van der Waals surface area contributed by atoms with Crippen LogP contribution < -0.4 is 4.90 Å². The van der Waals surface area contributed by atoms with Crippen LogP contribution in [0.5, 0.6) is 0 Å². The molecule has 1 aromatic carbocycles. The second-order valence-corrected chi connectivity index (χ2v) is 5.50. The van der Waals surface area contributed by atoms with E-state index < -0.39 is 0 Å². The van der Waals surface area contributed by atoms with Crippen LogP contribution in [-0.2, 0) is 0 Å². The summed E-state index contributed by atoms with van der Waals surface area (Å²) in [6, 6.07) is 14.3. The average molecular weight is 300 g/mol. The van der Waals surface area contributed by atoms with Gasteiger partial charge in [0.25, 0.3) is 0 Å². The van der Waals surface area contributed by atoms with Gasteiger partial charge in [0.2, 0.25) is 0 Å². The Labute approximate surface area is 130 Å². The molecule has 2 aromatic rings. The summed E-state index contributed by atoms with van der Waals surface area (Å²) in [6.07, 6.45) is 1.90. The molecule has 1 aromatic heterocycles. The molecule has 1 aliphatic rings. The topological polar surface area (TPSA) is 19.4 Å². The fourth-order valence-corrected chi connectivity index (χ4v) is 2.78. The lowest BCUT2D eigenvalue weighted by Gasteiger charge is -2.34. The van der Waals surface area contributed by atoms with E-state index in [2.05, 4.69) is 39.6 Å². The molecule has 3 nitrogen and oxygen atoms in total. The lowest BCUT2D eigenvalue weighted by atomic mass is 10.1. The molecule has 0 amide bonds. The van der Waals surface area contributed by atoms with Crippen molar-refractivity contribution in [2.45, 2.75) is 0 Å². The van der Waals surface area contributed by atoms with Crippen LogP contribution in [-0.4, -0.2) is 36.1 Å². The second-order valence-electron chi connectivity index (χ2n) is 5.11. The number of rotatable bonds is 3. The number of pyridine rings is 1. The molecule has 1 saturated heterocycles. The minimum Gasteiger partial charge on any atom is -0.374 e. The summed E-state index contributed by atoms with van der Waals surface area (Å²) in [5.74, 6) is 0.949. The number of halogens is 1. The fourth-order valence-electron chi connectivity index (χ4n) is 2.58. The molecule has 0 spiro atoms. The first-order chi connectivity index (χ1) is 10.3. The molecule has 3 rings (SSSR count). The minimum absolute atomic E-state index is 0.539. The van der Waals surface area contributed by atoms with Crippen LogP contribution in [0.15, 0.2) is 55.2 Å². The highest BCUT2D eigenvalue weighted by atomic mass is 35.5. The summed E-state index contributed by atoms with van der Waals surface area (Å²) < 4.78 is 0. The standard InChI is InChI=1S/C17H18ClN3/c1-2-20-8-10-21(11-9-20)17-13-15(12-16(18)19-17)14-6-4-3-5-7-14/h2-7,12-13H,1,8-11H2. The third-order valence-electron chi connectivity index (χ3n) is 3.78. The van der Waals surface area contributed by atoms with E-state index in [1.807, 2.05) is 30.5 Å². The van der Waals surface area contributed by atoms with Crippen molar-refractivity contribution < 1.29 is 0 Å². The highest BCUT2D eigenvalue weighted by Crippen LogP contribution is 2.27. The van der Waals surface area contributed by atoms with Crippen molar-refractivity contribution in [1.82, 2.24) is 9.88 Å². The molecule has 0 aliphatic carbocycles. The maximum absolute atomic E-state index is 6.21. The Kier molecular flexibility index (Phi) is 4.11. The molecule has 0 saturated carbocycles. The van der Waals surface area contributed by atoms with Crippen molar-refractivity contribution in [2.24, 2.45) is 0 Å². The van der Waals surface area contributed by atoms with Crippen molar-refractivity contribution in [2.75, 3.05) is 31.1 Å². The zero-order valence-electron chi connectivity index (χ0n) is 11.9. The van der Waals surface area contributed by atoms with Crippen molar-refractivity contribution in [1.29, 1.82) is 0 Å². The zero-order valence-corrected chi connectivity index (χ0v) is 12.6. The average Bonchev–Trinajstić information content (AvgIpc) is 2.55. The molecule has 0 atom stereocenters. The lowest BCUT2D eigenvalue weighted by Crippen LogP contribution is -2.44. The number of hydrogen-bond acceptors (Lipinski definition) is 3. The van der Waals surface area contributed by atoms with Crippen LogP contribution in [0.2, 0.25) is 5.15 Å². The van der Waals surface area contributed by atoms with Crippen molar-refractivity contribution in [3.05, 3.63) is 60.4 Å². The van der Waals surface area contributed by atoms with Crippen molar-refractivity contribution in [3.63, 3.8) is 0 Å². The normalized spacial score (nSPS) is 15.1. The molecule has 1 fully saturated rings. The van der Waals surface area contributed by atoms with E-state index in [9.17, 15) is 0 Å². The molecule has 2 heterocycles. The summed E-state index contributed by atoms with van der Waals surface area (Å²) in [4.78, 5) is 8.98. The highest BCUT2D eigenvalue weighted by molar-refractivity contribution is 6.29. The lowest BCUT2D eigenvalue weighted by molar-refractivity contribution is 0.349. The maximum Gasteiger partial charge on any atom is 0.132 e. The van der Waals surface area contributed by atoms with Gasteiger partial charge in [-0.25, -0.2) is 4.98 Å². The smallest absolute Gasteiger partial charge is 0.132 e. The molecule has 0 bridgehead atoms. The third kappa shape index (κ3) is 3.19. The van der Waals surface area contributed by atoms with Crippen LogP contribution in [0.25, 0.3) is 11.1 Å². The predicted molar refractivity (Wildman–Crippen MR) is 88.7 cm³/mol. The van der Waals surface area contributed by atoms with Crippen LogP contribution in [0, 0.1) is 0 Å². The Bertz CT molecular complexity index is 619. The Morgan fingerprint density at radius 2 is 1.71 bits per heavy atom. The quantitative estimate of drug-likeness (QED) is 0.806. The Morgan fingerprint density at radius 3 is 2.38 bits per heavy atom. The molecule has 108 valence electrons. The molecule has 4 heteroatoms. The Morgan fingerprint density at radius 1 is 1.00 bits per heavy atom. The summed E-state index contributed by atoms with van der Waals surface area (Å²) in [7, 11) is 0. The summed E-state index contributed by atoms with van der Waals surface area (Å²) >= 11 is 6.21. The SMILES string of the molecule is C=CN1CCN(c2cc(-c3ccccc3)cc(Cl)n2)CC1. The first-order valence-electron chi connectivity index (χ1n) is 7.11. The van der Waals surface area contributed by atoms with Gasteiger partial charge < -0.3 is 9.80 Å². The van der Waals surface area contributed by atoms with E-state index in [0.717, 1.165) is 43.1 Å². The van der Waals surface area contributed by atoms with Crippen LogP contribution in [0.4, 0.5) is 5.82 Å². The first-order valence-corrected chi connectivity index (χ1v) is 7.48. The molecular weight excluding hydrogens is 282 g/mol. The predicted octanol–water partition coefficient (Wildman–Crippen LogP) is 3.67. The Hall–Kier alpha value is -2.00. The van der Waals surface area contributed by atoms with Crippen LogP contribution in [0.3, 0.4) is 0 Å². The van der Waals surface area contributed by atoms with Crippen molar-refractivity contribution >= 4 is 17.4 Å². The van der Waals surface area contributed by atoms with E-state index in [0.29, 0.717) is 5.15 Å². The number of hydrogen-bond donors (Lipinski definition) is 0. The molecule has 0 unspecified atom stereocenters. The summed E-state index contributed by atoms with van der Waals surface area (Å²) in [5.41, 5.74) is 2.27. The largest absolute Gasteiger partial charge is 0.374 e. The van der Waals surface area contributed by atoms with Gasteiger partial charge >= 0.3 is 0 Å². The van der Waals surface area contributed by atoms with Gasteiger partial charge in [-0.15, -0.1) is 0 Å². The second kappa shape index (κ2) is 6.19. The van der Waals surface area contributed by atoms with Gasteiger partial charge in [0.15, 0.2) is 0 Å². The van der Waals surface area contributed by atoms with Crippen LogP contribution in [0.1, 0.15) is 0 Å². The zero-order chi connectivity index (χ0) is 14.7. The van der Waals surface area contributed by atoms with E-state index >= 15 is 0 Å². The third-order valence-corrected chi connectivity index (χ3v) is 3.98. The molecule has 1 aliphatic heterocycles. The number of benzene rings is 1. The van der Waals surface area contributed by atoms with Crippen LogP contribution >= 0.6 is 11.6 Å². The minimum atomic E-state index is 0.539. The van der Waals surface area contributed by atoms with E-state index in [1.54, 1.807) is 0 Å². The van der Waals surface area contributed by atoms with Crippen molar-refractivity contribution in [3.8, 4) is 11.1 Å². The summed E-state index contributed by atoms with van der Waals surface area (Å²) in [6.45, 7) is 7.64. The number of aromatic nitrogens is 1. The highest BCUT2D eigenvalue weighted by Gasteiger charge is 2.16. The Balaban J connectivity index is 1.87. The van der Waals surface area contributed by atoms with Gasteiger partial charge in [-0.3, -0.25) is 0 Å². The van der Waals surface area contributed by atoms with Gasteiger partial charge in [0.05, 0.1) is 0 Å². The van der Waals surface area contributed by atoms with E-state index in [-0.39, 0.29) is 0 Å². The first kappa shape index (κ1) is 14.0. The fraction of sp³-hybridized carbons (Fsp3) is 0.235. The molecule has 21 heavy (non-hydrogen) atoms. The number of anilines is 1. The van der Waals surface area contributed by atoms with Gasteiger partial charge in [-0.1, -0.05) is 48.5 Å². The molecular formula is C17H18ClN3. The van der Waals surface area contributed by atoms with E-state index in [4.69, 9.17) is 11.6 Å². The number of nitrogens with zero attached hydrogens (tertiary/aromatic N) is 3.